The molecule has 2 aliphatic rings. The Kier molecular flexibility index (Phi) is 7.17. The van der Waals surface area contributed by atoms with E-state index in [1.54, 1.807) is 36.4 Å². The first-order valence-corrected chi connectivity index (χ1v) is 12.8. The van der Waals surface area contributed by atoms with Gasteiger partial charge >= 0.3 is 24.1 Å². The molecule has 2 amide bonds. The summed E-state index contributed by atoms with van der Waals surface area (Å²) < 4.78 is 10.5. The first kappa shape index (κ1) is 26.7. The number of benzene rings is 3. The van der Waals surface area contributed by atoms with Gasteiger partial charge < -0.3 is 30.3 Å². The summed E-state index contributed by atoms with van der Waals surface area (Å²) in [6.07, 6.45) is -1.63. The zero-order valence-corrected chi connectivity index (χ0v) is 21.5. The van der Waals surface area contributed by atoms with E-state index in [1.165, 1.54) is 0 Å². The molecule has 206 valence electrons. The summed E-state index contributed by atoms with van der Waals surface area (Å²) in [5, 5.41) is 25.2. The topological polar surface area (TPSA) is 151 Å². The Morgan fingerprint density at radius 3 is 1.23 bits per heavy atom. The average Bonchev–Trinajstić information content (AvgIpc) is 3.48. The summed E-state index contributed by atoms with van der Waals surface area (Å²) in [6.45, 7) is 0.00332. The monoisotopic (exact) mass is 544 g/mol. The van der Waals surface area contributed by atoms with Gasteiger partial charge in [0.05, 0.1) is 0 Å². The second kappa shape index (κ2) is 10.7. The van der Waals surface area contributed by atoms with Crippen LogP contribution in [0.1, 0.15) is 33.4 Å². The molecule has 0 heterocycles. The van der Waals surface area contributed by atoms with Crippen molar-refractivity contribution < 1.29 is 38.9 Å². The van der Waals surface area contributed by atoms with Crippen molar-refractivity contribution in [1.29, 1.82) is 0 Å². The third-order valence-electron chi connectivity index (χ3n) is 7.42. The van der Waals surface area contributed by atoms with Crippen LogP contribution in [0.5, 0.6) is 0 Å². The number of carboxylic acids is 2. The van der Waals surface area contributed by atoms with Crippen LogP contribution in [0, 0.1) is 0 Å². The van der Waals surface area contributed by atoms with Crippen LogP contribution >= 0.6 is 0 Å². The van der Waals surface area contributed by atoms with Crippen LogP contribution in [-0.4, -0.2) is 45.4 Å². The van der Waals surface area contributed by atoms with Crippen molar-refractivity contribution in [3.05, 3.63) is 106 Å². The van der Waals surface area contributed by atoms with Gasteiger partial charge in [0.1, 0.15) is 24.3 Å². The van der Waals surface area contributed by atoms with E-state index in [2.05, 4.69) is 10.6 Å². The number of alkyl carbamates (subject to hydrolysis) is 2. The van der Waals surface area contributed by atoms with Crippen molar-refractivity contribution in [2.24, 2.45) is 0 Å². The molecule has 0 radical (unpaired) electrons. The van der Waals surface area contributed by atoms with Gasteiger partial charge in [-0.15, -0.1) is 0 Å². The Bertz CT molecular complexity index is 1310. The highest BCUT2D eigenvalue weighted by atomic mass is 16.6. The number of hydrogen-bond acceptors (Lipinski definition) is 6. The molecule has 0 fully saturated rings. The smallest absolute Gasteiger partial charge is 0.408 e. The van der Waals surface area contributed by atoms with Gasteiger partial charge in [0, 0.05) is 25.7 Å². The van der Waals surface area contributed by atoms with E-state index in [-0.39, 0.29) is 38.9 Å². The maximum absolute atomic E-state index is 12.5. The number of hydrogen-bond donors (Lipinski definition) is 4. The minimum atomic E-state index is -1.59. The maximum Gasteiger partial charge on any atom is 0.408 e. The molecule has 3 aromatic carbocycles. The van der Waals surface area contributed by atoms with Gasteiger partial charge in [0.15, 0.2) is 0 Å². The lowest BCUT2D eigenvalue weighted by Gasteiger charge is -2.25. The normalized spacial score (nSPS) is 15.8. The molecule has 40 heavy (non-hydrogen) atoms. The van der Waals surface area contributed by atoms with Crippen molar-refractivity contribution in [2.75, 3.05) is 0 Å². The van der Waals surface area contributed by atoms with Crippen LogP contribution in [-0.2, 0) is 58.0 Å². The summed E-state index contributed by atoms with van der Waals surface area (Å²) in [5.74, 6) is -2.38. The molecule has 0 spiro atoms. The molecule has 0 saturated heterocycles. The van der Waals surface area contributed by atoms with Crippen LogP contribution in [0.4, 0.5) is 9.59 Å². The van der Waals surface area contributed by atoms with Crippen LogP contribution < -0.4 is 10.6 Å². The number of aliphatic carboxylic acids is 2. The molecular formula is C30H28N2O8. The summed E-state index contributed by atoms with van der Waals surface area (Å²) >= 11 is 0. The Morgan fingerprint density at radius 2 is 0.925 bits per heavy atom. The van der Waals surface area contributed by atoms with Crippen molar-refractivity contribution in [3.63, 3.8) is 0 Å². The molecule has 5 rings (SSSR count). The number of carboxylic acid groups (broad SMARTS) is 2. The number of ether oxygens (including phenoxy) is 2. The Labute approximate surface area is 229 Å². The molecule has 0 aliphatic heterocycles. The standard InChI is InChI=1S/C30H28N2O8/c33-25(34)29(31-27(37)39-17-19-7-3-1-4-8-19)13-21-11-23-15-30(26(35)36,16-24(23)12-22(21)14-29)32-28(38)40-18-20-9-5-2-6-10-20/h1-12H,13-18H2,(H,31,37)(H,32,38)(H,33,34)(H,35,36). The third-order valence-corrected chi connectivity index (χ3v) is 7.42. The molecule has 0 aromatic heterocycles. The van der Waals surface area contributed by atoms with Gasteiger partial charge in [-0.05, 0) is 33.4 Å². The van der Waals surface area contributed by atoms with Gasteiger partial charge in [-0.25, -0.2) is 19.2 Å². The second-order valence-electron chi connectivity index (χ2n) is 10.2. The molecule has 10 nitrogen and oxygen atoms in total. The average molecular weight is 545 g/mol. The van der Waals surface area contributed by atoms with Crippen LogP contribution in [0.15, 0.2) is 72.8 Å². The highest BCUT2D eigenvalue weighted by Crippen LogP contribution is 2.38. The summed E-state index contributed by atoms with van der Waals surface area (Å²) in [7, 11) is 0. The highest BCUT2D eigenvalue weighted by molar-refractivity contribution is 5.88. The molecule has 0 unspecified atom stereocenters. The van der Waals surface area contributed by atoms with E-state index >= 15 is 0 Å². The molecule has 0 atom stereocenters. The van der Waals surface area contributed by atoms with E-state index in [0.29, 0.717) is 22.3 Å². The van der Waals surface area contributed by atoms with Gasteiger partial charge in [0.25, 0.3) is 0 Å². The molecule has 4 N–H and O–H groups in total. The van der Waals surface area contributed by atoms with Crippen LogP contribution in [0.25, 0.3) is 0 Å². The summed E-state index contributed by atoms with van der Waals surface area (Å²) in [4.78, 5) is 49.7. The molecule has 3 aromatic rings. The van der Waals surface area contributed by atoms with Crippen molar-refractivity contribution in [1.82, 2.24) is 10.6 Å². The van der Waals surface area contributed by atoms with Crippen LogP contribution in [0.2, 0.25) is 0 Å². The first-order valence-electron chi connectivity index (χ1n) is 12.8. The quantitative estimate of drug-likeness (QED) is 0.337. The number of nitrogens with one attached hydrogen (secondary N) is 2. The number of carbonyl (C=O) groups excluding carboxylic acids is 2. The number of amides is 2. The van der Waals surface area contributed by atoms with Crippen molar-refractivity contribution in [2.45, 2.75) is 50.0 Å². The van der Waals surface area contributed by atoms with E-state index in [9.17, 15) is 29.4 Å². The maximum atomic E-state index is 12.5. The van der Waals surface area contributed by atoms with E-state index < -0.39 is 35.2 Å². The lowest BCUT2D eigenvalue weighted by molar-refractivity contribution is -0.145. The first-order chi connectivity index (χ1) is 19.2. The molecule has 0 bridgehead atoms. The fraction of sp³-hybridized carbons (Fsp3) is 0.267. The largest absolute Gasteiger partial charge is 0.479 e. The number of rotatable bonds is 8. The zero-order chi connectivity index (χ0) is 28.3. The van der Waals surface area contributed by atoms with E-state index in [4.69, 9.17) is 9.47 Å². The minimum absolute atomic E-state index is 0.00166. The molecule has 2 aliphatic carbocycles. The summed E-state index contributed by atoms with van der Waals surface area (Å²) in [6, 6.07) is 21.6. The Balaban J connectivity index is 1.26. The lowest BCUT2D eigenvalue weighted by Crippen LogP contribution is -2.55. The number of carbonyl (C=O) groups is 4. The predicted molar refractivity (Wildman–Crippen MR) is 142 cm³/mol. The second-order valence-corrected chi connectivity index (χ2v) is 10.2. The van der Waals surface area contributed by atoms with Crippen LogP contribution in [0.3, 0.4) is 0 Å². The third kappa shape index (κ3) is 5.47. The zero-order valence-electron chi connectivity index (χ0n) is 21.5. The molecular weight excluding hydrogens is 516 g/mol. The fourth-order valence-electron chi connectivity index (χ4n) is 5.37. The predicted octanol–water partition coefficient (Wildman–Crippen LogP) is 3.38. The van der Waals surface area contributed by atoms with Gasteiger partial charge in [-0.3, -0.25) is 0 Å². The van der Waals surface area contributed by atoms with Crippen molar-refractivity contribution >= 4 is 24.1 Å². The Hall–Kier alpha value is -4.86. The van der Waals surface area contributed by atoms with Gasteiger partial charge in [-0.1, -0.05) is 72.8 Å². The molecule has 0 saturated carbocycles. The van der Waals surface area contributed by atoms with E-state index in [0.717, 1.165) is 11.1 Å². The summed E-state index contributed by atoms with van der Waals surface area (Å²) in [5.41, 5.74) is 1.13. The Morgan fingerprint density at radius 1 is 0.600 bits per heavy atom. The molecule has 10 heteroatoms. The van der Waals surface area contributed by atoms with E-state index in [1.807, 2.05) is 36.4 Å². The fourth-order valence-corrected chi connectivity index (χ4v) is 5.37. The van der Waals surface area contributed by atoms with Gasteiger partial charge in [0.2, 0.25) is 0 Å². The minimum Gasteiger partial charge on any atom is -0.479 e. The highest BCUT2D eigenvalue weighted by Gasteiger charge is 2.49. The number of fused-ring (bicyclic) bond motifs is 2. The SMILES string of the molecule is O=C(NC1(C(=O)O)Cc2cc3c(cc2C1)CC(NC(=O)OCc1ccccc1)(C(=O)O)C3)OCc1ccccc1. The van der Waals surface area contributed by atoms with Gasteiger partial charge in [-0.2, -0.15) is 0 Å². The lowest BCUT2D eigenvalue weighted by atomic mass is 9.94. The van der Waals surface area contributed by atoms with Crippen molar-refractivity contribution in [3.8, 4) is 0 Å².